The molecular formula is C11H21NOS. The van der Waals surface area contributed by atoms with E-state index >= 15 is 0 Å². The van der Waals surface area contributed by atoms with Crippen molar-refractivity contribution in [3.8, 4) is 0 Å². The monoisotopic (exact) mass is 215 g/mol. The number of aliphatic imine (C=N–C) groups is 1. The van der Waals surface area contributed by atoms with Crippen LogP contribution < -0.4 is 0 Å². The minimum atomic E-state index is -0.698. The van der Waals surface area contributed by atoms with Gasteiger partial charge in [0.25, 0.3) is 0 Å². The molecule has 14 heavy (non-hydrogen) atoms. The van der Waals surface area contributed by atoms with Crippen LogP contribution in [0.2, 0.25) is 0 Å². The SMILES string of the molecule is CC=N[C@@]1(C)CCCCCS(=O)C1C. The van der Waals surface area contributed by atoms with Crippen LogP contribution in [0.5, 0.6) is 0 Å². The Kier molecular flexibility index (Phi) is 4.30. The lowest BCUT2D eigenvalue weighted by Gasteiger charge is -2.33. The predicted octanol–water partition coefficient (Wildman–Crippen LogP) is 2.55. The van der Waals surface area contributed by atoms with Gasteiger partial charge in [-0.25, -0.2) is 0 Å². The summed E-state index contributed by atoms with van der Waals surface area (Å²) in [4.78, 5) is 4.53. The molecule has 0 saturated carbocycles. The molecule has 1 fully saturated rings. The maximum Gasteiger partial charge on any atom is 0.0716 e. The first-order valence-electron chi connectivity index (χ1n) is 5.47. The van der Waals surface area contributed by atoms with Gasteiger partial charge in [0, 0.05) is 16.6 Å². The van der Waals surface area contributed by atoms with Gasteiger partial charge < -0.3 is 0 Å². The van der Waals surface area contributed by atoms with Crippen molar-refractivity contribution < 1.29 is 4.21 Å². The van der Waals surface area contributed by atoms with Gasteiger partial charge in [0.1, 0.15) is 0 Å². The molecule has 0 amide bonds. The Hall–Kier alpha value is -0.180. The summed E-state index contributed by atoms with van der Waals surface area (Å²) in [5.41, 5.74) is -0.0972. The zero-order chi connectivity index (χ0) is 10.6. The molecule has 2 unspecified atom stereocenters. The van der Waals surface area contributed by atoms with E-state index in [2.05, 4.69) is 18.8 Å². The van der Waals surface area contributed by atoms with Crippen LogP contribution >= 0.6 is 0 Å². The van der Waals surface area contributed by atoms with E-state index < -0.39 is 10.8 Å². The molecule has 1 saturated heterocycles. The number of rotatable bonds is 1. The highest BCUT2D eigenvalue weighted by atomic mass is 32.2. The molecule has 0 aromatic heterocycles. The molecule has 0 bridgehead atoms. The highest BCUT2D eigenvalue weighted by Crippen LogP contribution is 2.29. The van der Waals surface area contributed by atoms with Gasteiger partial charge in [0.05, 0.1) is 10.8 Å². The predicted molar refractivity (Wildman–Crippen MR) is 63.5 cm³/mol. The first-order chi connectivity index (χ1) is 6.60. The Bertz CT molecular complexity index is 239. The molecule has 82 valence electrons. The lowest BCUT2D eigenvalue weighted by molar-refractivity contribution is 0.400. The second-order valence-electron chi connectivity index (χ2n) is 4.28. The van der Waals surface area contributed by atoms with Crippen LogP contribution in [0.1, 0.15) is 46.5 Å². The van der Waals surface area contributed by atoms with Gasteiger partial charge in [-0.05, 0) is 39.8 Å². The van der Waals surface area contributed by atoms with E-state index in [1.165, 1.54) is 12.8 Å². The Labute approximate surface area is 89.7 Å². The minimum absolute atomic E-state index is 0.0972. The normalized spacial score (nSPS) is 40.8. The second-order valence-corrected chi connectivity index (χ2v) is 6.16. The molecular weight excluding hydrogens is 194 g/mol. The van der Waals surface area contributed by atoms with Gasteiger partial charge in [-0.1, -0.05) is 12.8 Å². The molecule has 0 N–H and O–H groups in total. The third kappa shape index (κ3) is 2.66. The zero-order valence-corrected chi connectivity index (χ0v) is 10.3. The maximum absolute atomic E-state index is 11.9. The van der Waals surface area contributed by atoms with Crippen LogP contribution in [0, 0.1) is 0 Å². The van der Waals surface area contributed by atoms with Crippen molar-refractivity contribution >= 4 is 17.0 Å². The molecule has 1 heterocycles. The molecule has 3 heteroatoms. The largest absolute Gasteiger partial charge is 0.290 e. The smallest absolute Gasteiger partial charge is 0.0716 e. The van der Waals surface area contributed by atoms with E-state index in [0.717, 1.165) is 18.6 Å². The van der Waals surface area contributed by atoms with Crippen LogP contribution in [-0.4, -0.2) is 27.0 Å². The molecule has 0 aromatic rings. The van der Waals surface area contributed by atoms with E-state index in [1.807, 2.05) is 13.1 Å². The Morgan fingerprint density at radius 1 is 1.43 bits per heavy atom. The molecule has 0 aliphatic carbocycles. The summed E-state index contributed by atoms with van der Waals surface area (Å²) in [6, 6.07) is 0. The van der Waals surface area contributed by atoms with Crippen molar-refractivity contribution in [1.82, 2.24) is 0 Å². The first-order valence-corrected chi connectivity index (χ1v) is 6.85. The summed E-state index contributed by atoms with van der Waals surface area (Å²) in [5, 5.41) is 0.194. The van der Waals surface area contributed by atoms with Crippen LogP contribution in [0.15, 0.2) is 4.99 Å². The van der Waals surface area contributed by atoms with Gasteiger partial charge in [-0.2, -0.15) is 0 Å². The fraction of sp³-hybridized carbons (Fsp3) is 0.909. The summed E-state index contributed by atoms with van der Waals surface area (Å²) in [5.74, 6) is 0.857. The summed E-state index contributed by atoms with van der Waals surface area (Å²) < 4.78 is 11.9. The summed E-state index contributed by atoms with van der Waals surface area (Å²) in [6.07, 6.45) is 6.46. The number of hydrogen-bond donors (Lipinski definition) is 0. The highest BCUT2D eigenvalue weighted by molar-refractivity contribution is 7.85. The fourth-order valence-corrected chi connectivity index (χ4v) is 3.62. The molecule has 1 rings (SSSR count). The van der Waals surface area contributed by atoms with Crippen molar-refractivity contribution in [2.24, 2.45) is 4.99 Å². The summed E-state index contributed by atoms with van der Waals surface area (Å²) in [7, 11) is -0.698. The molecule has 1 aliphatic heterocycles. The third-order valence-corrected chi connectivity index (χ3v) is 5.21. The number of hydrogen-bond acceptors (Lipinski definition) is 2. The minimum Gasteiger partial charge on any atom is -0.290 e. The summed E-state index contributed by atoms with van der Waals surface area (Å²) >= 11 is 0. The van der Waals surface area contributed by atoms with Crippen molar-refractivity contribution in [1.29, 1.82) is 0 Å². The van der Waals surface area contributed by atoms with Crippen molar-refractivity contribution in [3.63, 3.8) is 0 Å². The average molecular weight is 215 g/mol. The Balaban J connectivity index is 2.82. The van der Waals surface area contributed by atoms with E-state index in [0.29, 0.717) is 0 Å². The van der Waals surface area contributed by atoms with Gasteiger partial charge in [-0.3, -0.25) is 9.20 Å². The van der Waals surface area contributed by atoms with Gasteiger partial charge in [0.2, 0.25) is 0 Å². The first kappa shape index (κ1) is 11.9. The Morgan fingerprint density at radius 2 is 2.14 bits per heavy atom. The van der Waals surface area contributed by atoms with Gasteiger partial charge in [0.15, 0.2) is 0 Å². The fourth-order valence-electron chi connectivity index (χ4n) is 2.03. The van der Waals surface area contributed by atoms with E-state index in [-0.39, 0.29) is 10.8 Å². The van der Waals surface area contributed by atoms with E-state index in [9.17, 15) is 4.21 Å². The van der Waals surface area contributed by atoms with E-state index in [4.69, 9.17) is 0 Å². The number of nitrogens with zero attached hydrogens (tertiary/aromatic N) is 1. The van der Waals surface area contributed by atoms with Crippen molar-refractivity contribution in [2.75, 3.05) is 5.75 Å². The van der Waals surface area contributed by atoms with Crippen molar-refractivity contribution in [3.05, 3.63) is 0 Å². The molecule has 2 nitrogen and oxygen atoms in total. The molecule has 3 atom stereocenters. The zero-order valence-electron chi connectivity index (χ0n) is 9.45. The second kappa shape index (κ2) is 5.06. The van der Waals surface area contributed by atoms with Gasteiger partial charge >= 0.3 is 0 Å². The molecule has 0 aromatic carbocycles. The lowest BCUT2D eigenvalue weighted by atomic mass is 9.91. The van der Waals surface area contributed by atoms with E-state index in [1.54, 1.807) is 0 Å². The average Bonchev–Trinajstić information content (AvgIpc) is 2.15. The van der Waals surface area contributed by atoms with Gasteiger partial charge in [-0.15, -0.1) is 0 Å². The quantitative estimate of drug-likeness (QED) is 0.618. The van der Waals surface area contributed by atoms with Crippen LogP contribution in [0.3, 0.4) is 0 Å². The Morgan fingerprint density at radius 3 is 2.79 bits per heavy atom. The molecule has 0 radical (unpaired) electrons. The molecule has 1 aliphatic rings. The molecule has 0 spiro atoms. The summed E-state index contributed by atoms with van der Waals surface area (Å²) in [6.45, 7) is 6.16. The van der Waals surface area contributed by atoms with Crippen LogP contribution in [0.4, 0.5) is 0 Å². The van der Waals surface area contributed by atoms with Crippen LogP contribution in [-0.2, 0) is 10.8 Å². The third-order valence-electron chi connectivity index (χ3n) is 3.22. The van der Waals surface area contributed by atoms with Crippen molar-refractivity contribution in [2.45, 2.75) is 57.2 Å². The lowest BCUT2D eigenvalue weighted by Crippen LogP contribution is -2.40. The topological polar surface area (TPSA) is 29.4 Å². The van der Waals surface area contributed by atoms with Crippen LogP contribution in [0.25, 0.3) is 0 Å². The highest BCUT2D eigenvalue weighted by Gasteiger charge is 2.34. The standard InChI is InChI=1S/C11H21NOS/c1-4-12-11(3)8-6-5-7-9-14(13)10(11)2/h4,10H,5-9H2,1-3H3/t10?,11-,14?/m0/s1. The maximum atomic E-state index is 11.9.